The SMILES string of the molecule is COc1ccc([C@H]2[C@@H](C(=O)Nc3ccc(C)cc3Br)CC(=O)N2c2ccc(OC)cc2)cc1. The average Bonchev–Trinajstić information content (AvgIpc) is 3.18. The minimum atomic E-state index is -0.568. The van der Waals surface area contributed by atoms with E-state index in [1.165, 1.54) is 0 Å². The zero-order valence-corrected chi connectivity index (χ0v) is 20.3. The number of hydrogen-bond acceptors (Lipinski definition) is 4. The molecule has 0 unspecified atom stereocenters. The second-order valence-electron chi connectivity index (χ2n) is 7.96. The molecule has 2 atom stereocenters. The number of benzene rings is 3. The predicted octanol–water partition coefficient (Wildman–Crippen LogP) is 5.51. The molecule has 4 rings (SSSR count). The molecule has 0 bridgehead atoms. The molecule has 3 aromatic carbocycles. The highest BCUT2D eigenvalue weighted by Crippen LogP contribution is 2.43. The third-order valence-corrected chi connectivity index (χ3v) is 6.51. The van der Waals surface area contributed by atoms with Crippen LogP contribution in [0.4, 0.5) is 11.4 Å². The van der Waals surface area contributed by atoms with Crippen LogP contribution in [-0.4, -0.2) is 26.0 Å². The number of halogens is 1. The molecule has 3 aromatic rings. The largest absolute Gasteiger partial charge is 0.497 e. The number of methoxy groups -OCH3 is 2. The Morgan fingerprint density at radius 3 is 2.15 bits per heavy atom. The third kappa shape index (κ3) is 4.73. The van der Waals surface area contributed by atoms with Gasteiger partial charge in [0, 0.05) is 16.6 Å². The fraction of sp³-hybridized carbons (Fsp3) is 0.231. The maximum Gasteiger partial charge on any atom is 0.230 e. The van der Waals surface area contributed by atoms with Gasteiger partial charge in [0.2, 0.25) is 11.8 Å². The molecule has 33 heavy (non-hydrogen) atoms. The highest BCUT2D eigenvalue weighted by atomic mass is 79.9. The number of aryl methyl sites for hydroxylation is 1. The van der Waals surface area contributed by atoms with Crippen molar-refractivity contribution in [2.75, 3.05) is 24.4 Å². The number of hydrogen-bond donors (Lipinski definition) is 1. The van der Waals surface area contributed by atoms with Gasteiger partial charge in [0.1, 0.15) is 11.5 Å². The Morgan fingerprint density at radius 1 is 0.970 bits per heavy atom. The van der Waals surface area contributed by atoms with E-state index >= 15 is 0 Å². The van der Waals surface area contributed by atoms with Crippen molar-refractivity contribution in [2.24, 2.45) is 5.92 Å². The summed E-state index contributed by atoms with van der Waals surface area (Å²) in [4.78, 5) is 28.3. The first-order chi connectivity index (χ1) is 15.9. The Bertz CT molecular complexity index is 1160. The van der Waals surface area contributed by atoms with Crippen molar-refractivity contribution in [1.82, 2.24) is 0 Å². The van der Waals surface area contributed by atoms with Crippen molar-refractivity contribution < 1.29 is 19.1 Å². The third-order valence-electron chi connectivity index (χ3n) is 5.85. The normalized spacial score (nSPS) is 17.7. The van der Waals surface area contributed by atoms with Crippen LogP contribution in [0, 0.1) is 12.8 Å². The molecule has 1 fully saturated rings. The van der Waals surface area contributed by atoms with Gasteiger partial charge in [-0.25, -0.2) is 0 Å². The summed E-state index contributed by atoms with van der Waals surface area (Å²) in [7, 11) is 3.20. The molecule has 7 heteroatoms. The van der Waals surface area contributed by atoms with Crippen molar-refractivity contribution in [2.45, 2.75) is 19.4 Å². The van der Waals surface area contributed by atoms with Gasteiger partial charge in [-0.1, -0.05) is 18.2 Å². The summed E-state index contributed by atoms with van der Waals surface area (Å²) in [5.41, 5.74) is 3.33. The molecule has 1 saturated heterocycles. The first-order valence-electron chi connectivity index (χ1n) is 10.6. The molecule has 0 aliphatic carbocycles. The number of ether oxygens (including phenoxy) is 2. The lowest BCUT2D eigenvalue weighted by Gasteiger charge is -2.28. The van der Waals surface area contributed by atoms with Crippen LogP contribution in [-0.2, 0) is 9.59 Å². The van der Waals surface area contributed by atoms with E-state index in [-0.39, 0.29) is 18.2 Å². The predicted molar refractivity (Wildman–Crippen MR) is 132 cm³/mol. The summed E-state index contributed by atoms with van der Waals surface area (Å²) >= 11 is 3.52. The summed E-state index contributed by atoms with van der Waals surface area (Å²) in [6, 6.07) is 20.1. The van der Waals surface area contributed by atoms with E-state index in [0.29, 0.717) is 22.9 Å². The molecule has 0 saturated carbocycles. The quantitative estimate of drug-likeness (QED) is 0.476. The average molecular weight is 509 g/mol. The molecule has 1 N–H and O–H groups in total. The Balaban J connectivity index is 1.71. The lowest BCUT2D eigenvalue weighted by Crippen LogP contribution is -2.32. The molecular formula is C26H25BrN2O4. The van der Waals surface area contributed by atoms with Crippen LogP contribution >= 0.6 is 15.9 Å². The second kappa shape index (κ2) is 9.67. The van der Waals surface area contributed by atoms with Crippen LogP contribution in [0.2, 0.25) is 0 Å². The van der Waals surface area contributed by atoms with Crippen LogP contribution in [0.25, 0.3) is 0 Å². The standard InChI is InChI=1S/C26H25BrN2O4/c1-16-4-13-23(22(27)14-16)28-26(31)21-15-24(30)29(18-7-11-20(33-3)12-8-18)25(21)17-5-9-19(32-2)10-6-17/h4-14,21,25H,15H2,1-3H3,(H,28,31)/t21-,25-/m0/s1. The van der Waals surface area contributed by atoms with E-state index in [4.69, 9.17) is 9.47 Å². The fourth-order valence-corrected chi connectivity index (χ4v) is 4.74. The summed E-state index contributed by atoms with van der Waals surface area (Å²) in [5.74, 6) is 0.531. The van der Waals surface area contributed by atoms with E-state index in [1.807, 2.05) is 73.7 Å². The highest BCUT2D eigenvalue weighted by molar-refractivity contribution is 9.10. The smallest absolute Gasteiger partial charge is 0.230 e. The number of nitrogens with one attached hydrogen (secondary N) is 1. The molecule has 6 nitrogen and oxygen atoms in total. The van der Waals surface area contributed by atoms with Gasteiger partial charge in [-0.2, -0.15) is 0 Å². The Kier molecular flexibility index (Phi) is 6.70. The number of anilines is 2. The number of rotatable bonds is 6. The van der Waals surface area contributed by atoms with Crippen molar-refractivity contribution >= 4 is 39.1 Å². The summed E-state index contributed by atoms with van der Waals surface area (Å²) in [5, 5.41) is 3.00. The fourth-order valence-electron chi connectivity index (χ4n) is 4.15. The zero-order chi connectivity index (χ0) is 23.5. The molecule has 1 heterocycles. The summed E-state index contributed by atoms with van der Waals surface area (Å²) in [6.45, 7) is 1.98. The molecule has 2 amide bonds. The molecule has 170 valence electrons. The molecule has 0 spiro atoms. The lowest BCUT2D eigenvalue weighted by molar-refractivity contribution is -0.122. The van der Waals surface area contributed by atoms with Crippen molar-refractivity contribution in [3.05, 3.63) is 82.3 Å². The van der Waals surface area contributed by atoms with E-state index in [2.05, 4.69) is 21.2 Å². The highest BCUT2D eigenvalue weighted by Gasteiger charge is 2.45. The van der Waals surface area contributed by atoms with Gasteiger partial charge in [0.15, 0.2) is 0 Å². The van der Waals surface area contributed by atoms with Gasteiger partial charge in [-0.15, -0.1) is 0 Å². The van der Waals surface area contributed by atoms with Crippen molar-refractivity contribution in [1.29, 1.82) is 0 Å². The van der Waals surface area contributed by atoms with Crippen molar-refractivity contribution in [3.8, 4) is 11.5 Å². The van der Waals surface area contributed by atoms with Gasteiger partial charge >= 0.3 is 0 Å². The van der Waals surface area contributed by atoms with Crippen LogP contribution in [0.5, 0.6) is 11.5 Å². The maximum absolute atomic E-state index is 13.4. The number of amides is 2. The van der Waals surface area contributed by atoms with E-state index in [0.717, 1.165) is 15.6 Å². The molecule has 0 radical (unpaired) electrons. The van der Waals surface area contributed by atoms with Crippen LogP contribution < -0.4 is 19.7 Å². The van der Waals surface area contributed by atoms with E-state index < -0.39 is 12.0 Å². The Hall–Kier alpha value is -3.32. The topological polar surface area (TPSA) is 67.9 Å². The monoisotopic (exact) mass is 508 g/mol. The summed E-state index contributed by atoms with van der Waals surface area (Å²) in [6.07, 6.45) is 0.109. The number of nitrogens with zero attached hydrogens (tertiary/aromatic N) is 1. The number of carbonyl (C=O) groups excluding carboxylic acids is 2. The molecule has 1 aliphatic rings. The molecule has 0 aromatic heterocycles. The maximum atomic E-state index is 13.4. The van der Waals surface area contributed by atoms with Crippen LogP contribution in [0.15, 0.2) is 71.2 Å². The summed E-state index contributed by atoms with van der Waals surface area (Å²) < 4.78 is 11.3. The zero-order valence-electron chi connectivity index (χ0n) is 18.7. The van der Waals surface area contributed by atoms with Crippen LogP contribution in [0.1, 0.15) is 23.6 Å². The molecule has 1 aliphatic heterocycles. The Labute approximate surface area is 201 Å². The number of carbonyl (C=O) groups is 2. The first-order valence-corrected chi connectivity index (χ1v) is 11.4. The van der Waals surface area contributed by atoms with Crippen LogP contribution in [0.3, 0.4) is 0 Å². The first kappa shape index (κ1) is 22.9. The van der Waals surface area contributed by atoms with Gasteiger partial charge < -0.3 is 19.7 Å². The van der Waals surface area contributed by atoms with Crippen molar-refractivity contribution in [3.63, 3.8) is 0 Å². The molecular weight excluding hydrogens is 484 g/mol. The minimum absolute atomic E-state index is 0.107. The van der Waals surface area contributed by atoms with Gasteiger partial charge in [0.05, 0.1) is 31.9 Å². The second-order valence-corrected chi connectivity index (χ2v) is 8.82. The van der Waals surface area contributed by atoms with Gasteiger partial charge in [-0.3, -0.25) is 9.59 Å². The lowest BCUT2D eigenvalue weighted by atomic mass is 9.92. The van der Waals surface area contributed by atoms with Gasteiger partial charge in [0.25, 0.3) is 0 Å². The Morgan fingerprint density at radius 2 is 1.58 bits per heavy atom. The van der Waals surface area contributed by atoms with Gasteiger partial charge in [-0.05, 0) is 82.5 Å². The minimum Gasteiger partial charge on any atom is -0.497 e. The van der Waals surface area contributed by atoms with E-state index in [1.54, 1.807) is 19.1 Å². The van der Waals surface area contributed by atoms with E-state index in [9.17, 15) is 9.59 Å².